The van der Waals surface area contributed by atoms with E-state index < -0.39 is 0 Å². The molecule has 1 saturated carbocycles. The fourth-order valence-corrected chi connectivity index (χ4v) is 3.00. The van der Waals surface area contributed by atoms with Crippen LogP contribution in [-0.2, 0) is 0 Å². The minimum absolute atomic E-state index is 0.573. The molecular formula is C17H24N2. The lowest BCUT2D eigenvalue weighted by Gasteiger charge is -2.19. The molecule has 1 aliphatic rings. The van der Waals surface area contributed by atoms with E-state index in [9.17, 15) is 0 Å². The first kappa shape index (κ1) is 13.9. The summed E-state index contributed by atoms with van der Waals surface area (Å²) in [6.45, 7) is 4.41. The van der Waals surface area contributed by atoms with Crippen molar-refractivity contribution in [2.24, 2.45) is 5.92 Å². The van der Waals surface area contributed by atoms with Gasteiger partial charge in [-0.15, -0.1) is 0 Å². The first-order valence-electron chi connectivity index (χ1n) is 7.50. The molecule has 0 bridgehead atoms. The molecule has 2 heteroatoms. The average Bonchev–Trinajstić information content (AvgIpc) is 2.66. The van der Waals surface area contributed by atoms with E-state index in [1.54, 1.807) is 0 Å². The van der Waals surface area contributed by atoms with Crippen molar-refractivity contribution in [2.45, 2.75) is 58.4 Å². The maximum absolute atomic E-state index is 8.99. The second kappa shape index (κ2) is 6.61. The first-order chi connectivity index (χ1) is 9.22. The maximum Gasteiger partial charge on any atom is 0.0992 e. The lowest BCUT2D eigenvalue weighted by Crippen LogP contribution is -2.19. The molecule has 1 fully saturated rings. The normalized spacial score (nSPS) is 23.4. The third kappa shape index (κ3) is 3.73. The quantitative estimate of drug-likeness (QED) is 0.800. The Bertz CT molecular complexity index is 459. The van der Waals surface area contributed by atoms with Gasteiger partial charge in [0, 0.05) is 11.7 Å². The number of nitrogens with zero attached hydrogens (tertiary/aromatic N) is 1. The Balaban J connectivity index is 2.03. The predicted octanol–water partition coefficient (Wildman–Crippen LogP) is 4.64. The van der Waals surface area contributed by atoms with Crippen LogP contribution in [0.15, 0.2) is 18.2 Å². The van der Waals surface area contributed by atoms with Crippen molar-refractivity contribution in [3.05, 3.63) is 29.3 Å². The van der Waals surface area contributed by atoms with Gasteiger partial charge in [-0.25, -0.2) is 0 Å². The van der Waals surface area contributed by atoms with Gasteiger partial charge in [-0.1, -0.05) is 32.3 Å². The third-order valence-corrected chi connectivity index (χ3v) is 4.39. The number of anilines is 1. The molecule has 0 heterocycles. The van der Waals surface area contributed by atoms with E-state index in [4.69, 9.17) is 5.26 Å². The van der Waals surface area contributed by atoms with Crippen molar-refractivity contribution in [3.63, 3.8) is 0 Å². The Morgan fingerprint density at radius 3 is 2.84 bits per heavy atom. The van der Waals surface area contributed by atoms with E-state index in [2.05, 4.69) is 25.2 Å². The van der Waals surface area contributed by atoms with Crippen LogP contribution in [0.3, 0.4) is 0 Å². The Morgan fingerprint density at radius 2 is 2.11 bits per heavy atom. The molecule has 0 radical (unpaired) electrons. The van der Waals surface area contributed by atoms with Crippen LogP contribution in [0.2, 0.25) is 0 Å². The van der Waals surface area contributed by atoms with Gasteiger partial charge in [-0.2, -0.15) is 5.26 Å². The molecule has 19 heavy (non-hydrogen) atoms. The second-order valence-corrected chi connectivity index (χ2v) is 5.77. The SMILES string of the molecule is CCC1CCCC(Nc2cc(C#N)ccc2C)CC1. The monoisotopic (exact) mass is 256 g/mol. The fourth-order valence-electron chi connectivity index (χ4n) is 3.00. The van der Waals surface area contributed by atoms with E-state index in [1.165, 1.54) is 44.1 Å². The number of hydrogen-bond donors (Lipinski definition) is 1. The average molecular weight is 256 g/mol. The minimum atomic E-state index is 0.573. The molecule has 2 unspecified atom stereocenters. The van der Waals surface area contributed by atoms with Gasteiger partial charge in [-0.3, -0.25) is 0 Å². The van der Waals surface area contributed by atoms with Crippen molar-refractivity contribution < 1.29 is 0 Å². The number of benzene rings is 1. The van der Waals surface area contributed by atoms with Crippen molar-refractivity contribution in [1.82, 2.24) is 0 Å². The van der Waals surface area contributed by atoms with Crippen LogP contribution in [0, 0.1) is 24.2 Å². The van der Waals surface area contributed by atoms with Gasteiger partial charge in [0.05, 0.1) is 11.6 Å². The van der Waals surface area contributed by atoms with E-state index in [1.807, 2.05) is 18.2 Å². The lowest BCUT2D eigenvalue weighted by atomic mass is 9.97. The topological polar surface area (TPSA) is 35.8 Å². The van der Waals surface area contributed by atoms with Gasteiger partial charge in [0.2, 0.25) is 0 Å². The number of hydrogen-bond acceptors (Lipinski definition) is 2. The zero-order chi connectivity index (χ0) is 13.7. The van der Waals surface area contributed by atoms with Gasteiger partial charge < -0.3 is 5.32 Å². The van der Waals surface area contributed by atoms with Crippen LogP contribution in [0.25, 0.3) is 0 Å². The Hall–Kier alpha value is -1.49. The highest BCUT2D eigenvalue weighted by Gasteiger charge is 2.18. The van der Waals surface area contributed by atoms with Gasteiger partial charge in [0.15, 0.2) is 0 Å². The molecule has 1 aliphatic carbocycles. The summed E-state index contributed by atoms with van der Waals surface area (Å²) in [6.07, 6.45) is 7.88. The summed E-state index contributed by atoms with van der Waals surface area (Å²) in [7, 11) is 0. The molecule has 1 N–H and O–H groups in total. The molecule has 1 aromatic carbocycles. The minimum Gasteiger partial charge on any atom is -0.382 e. The van der Waals surface area contributed by atoms with Crippen molar-refractivity contribution in [1.29, 1.82) is 5.26 Å². The molecule has 102 valence electrons. The van der Waals surface area contributed by atoms with Gasteiger partial charge in [0.1, 0.15) is 0 Å². The summed E-state index contributed by atoms with van der Waals surface area (Å²) in [5, 5.41) is 12.7. The summed E-state index contributed by atoms with van der Waals surface area (Å²) in [5.41, 5.74) is 3.11. The summed E-state index contributed by atoms with van der Waals surface area (Å²) >= 11 is 0. The standard InChI is InChI=1S/C17H24N2/c1-3-14-5-4-6-16(10-9-14)19-17-11-15(12-18)8-7-13(17)2/h7-8,11,14,16,19H,3-6,9-10H2,1-2H3. The number of nitrogens with one attached hydrogen (secondary N) is 1. The zero-order valence-electron chi connectivity index (χ0n) is 12.1. The van der Waals surface area contributed by atoms with Gasteiger partial charge >= 0.3 is 0 Å². The fraction of sp³-hybridized carbons (Fsp3) is 0.588. The highest BCUT2D eigenvalue weighted by molar-refractivity contribution is 5.55. The van der Waals surface area contributed by atoms with Crippen molar-refractivity contribution in [3.8, 4) is 6.07 Å². The summed E-state index contributed by atoms with van der Waals surface area (Å²) in [5.74, 6) is 0.915. The highest BCUT2D eigenvalue weighted by atomic mass is 14.9. The molecule has 0 spiro atoms. The molecule has 2 atom stereocenters. The molecule has 2 nitrogen and oxygen atoms in total. The molecule has 0 saturated heterocycles. The lowest BCUT2D eigenvalue weighted by molar-refractivity contribution is 0.444. The van der Waals surface area contributed by atoms with Crippen LogP contribution in [0.4, 0.5) is 5.69 Å². The van der Waals surface area contributed by atoms with Crippen LogP contribution in [0.5, 0.6) is 0 Å². The summed E-state index contributed by atoms with van der Waals surface area (Å²) < 4.78 is 0. The summed E-state index contributed by atoms with van der Waals surface area (Å²) in [6, 6.07) is 8.70. The van der Waals surface area contributed by atoms with E-state index >= 15 is 0 Å². The van der Waals surface area contributed by atoms with Crippen LogP contribution < -0.4 is 5.32 Å². The number of rotatable bonds is 3. The van der Waals surface area contributed by atoms with Crippen molar-refractivity contribution >= 4 is 5.69 Å². The van der Waals surface area contributed by atoms with Gasteiger partial charge in [0.25, 0.3) is 0 Å². The zero-order valence-corrected chi connectivity index (χ0v) is 12.1. The predicted molar refractivity (Wildman–Crippen MR) is 80.2 cm³/mol. The Kier molecular flexibility index (Phi) is 4.85. The van der Waals surface area contributed by atoms with Crippen LogP contribution in [-0.4, -0.2) is 6.04 Å². The smallest absolute Gasteiger partial charge is 0.0992 e. The van der Waals surface area contributed by atoms with E-state index in [0.29, 0.717) is 6.04 Å². The van der Waals surface area contributed by atoms with Crippen molar-refractivity contribution in [2.75, 3.05) is 5.32 Å². The molecule has 2 rings (SSSR count). The van der Waals surface area contributed by atoms with E-state index in [0.717, 1.165) is 17.2 Å². The van der Waals surface area contributed by atoms with E-state index in [-0.39, 0.29) is 0 Å². The number of aryl methyl sites for hydroxylation is 1. The first-order valence-corrected chi connectivity index (χ1v) is 7.50. The second-order valence-electron chi connectivity index (χ2n) is 5.77. The highest BCUT2D eigenvalue weighted by Crippen LogP contribution is 2.28. The molecule has 0 amide bonds. The maximum atomic E-state index is 8.99. The largest absolute Gasteiger partial charge is 0.382 e. The molecular weight excluding hydrogens is 232 g/mol. The Morgan fingerprint density at radius 1 is 1.26 bits per heavy atom. The molecule has 0 aromatic heterocycles. The van der Waals surface area contributed by atoms with Crippen LogP contribution >= 0.6 is 0 Å². The third-order valence-electron chi connectivity index (χ3n) is 4.39. The molecule has 0 aliphatic heterocycles. The molecule has 1 aromatic rings. The van der Waals surface area contributed by atoms with Crippen LogP contribution in [0.1, 0.15) is 56.6 Å². The Labute approximate surface area is 116 Å². The summed E-state index contributed by atoms with van der Waals surface area (Å²) in [4.78, 5) is 0. The number of nitriles is 1. The van der Waals surface area contributed by atoms with Gasteiger partial charge in [-0.05, 0) is 49.8 Å².